The Labute approximate surface area is 143 Å². The Morgan fingerprint density at radius 3 is 2.32 bits per heavy atom. The SMILES string of the molecule is C[C@H](Sc1c(Cl)cccc1Cl)C(=O)Nc1ccc(C#N)cc1. The fraction of sp³-hybridized carbons (Fsp3) is 0.125. The van der Waals surface area contributed by atoms with E-state index in [2.05, 4.69) is 5.32 Å². The molecular weight excluding hydrogens is 339 g/mol. The van der Waals surface area contributed by atoms with Crippen molar-refractivity contribution in [3.05, 3.63) is 58.1 Å². The zero-order chi connectivity index (χ0) is 16.1. The zero-order valence-corrected chi connectivity index (χ0v) is 14.0. The number of hydrogen-bond donors (Lipinski definition) is 1. The maximum absolute atomic E-state index is 12.2. The van der Waals surface area contributed by atoms with Crippen LogP contribution in [0.15, 0.2) is 47.4 Å². The molecule has 2 aromatic carbocycles. The number of halogens is 2. The maximum atomic E-state index is 12.2. The van der Waals surface area contributed by atoms with E-state index in [1.807, 2.05) is 6.07 Å². The first-order valence-electron chi connectivity index (χ1n) is 6.43. The van der Waals surface area contributed by atoms with Gasteiger partial charge >= 0.3 is 0 Å². The van der Waals surface area contributed by atoms with Gasteiger partial charge in [0.2, 0.25) is 5.91 Å². The molecule has 0 radical (unpaired) electrons. The minimum Gasteiger partial charge on any atom is -0.325 e. The third-order valence-electron chi connectivity index (χ3n) is 2.86. The van der Waals surface area contributed by atoms with Crippen LogP contribution < -0.4 is 5.32 Å². The number of amides is 1. The van der Waals surface area contributed by atoms with E-state index in [4.69, 9.17) is 28.5 Å². The van der Waals surface area contributed by atoms with Crippen molar-refractivity contribution >= 4 is 46.6 Å². The van der Waals surface area contributed by atoms with Gasteiger partial charge in [-0.1, -0.05) is 29.3 Å². The lowest BCUT2D eigenvalue weighted by Gasteiger charge is -2.14. The number of thioether (sulfide) groups is 1. The number of benzene rings is 2. The van der Waals surface area contributed by atoms with Crippen molar-refractivity contribution in [2.24, 2.45) is 0 Å². The second kappa shape index (κ2) is 7.55. The Morgan fingerprint density at radius 1 is 1.18 bits per heavy atom. The third kappa shape index (κ3) is 4.17. The van der Waals surface area contributed by atoms with Gasteiger partial charge in [0.15, 0.2) is 0 Å². The molecule has 0 saturated carbocycles. The van der Waals surface area contributed by atoms with Crippen LogP contribution in [-0.2, 0) is 4.79 Å². The van der Waals surface area contributed by atoms with E-state index >= 15 is 0 Å². The average molecular weight is 351 g/mol. The molecule has 2 rings (SSSR count). The summed E-state index contributed by atoms with van der Waals surface area (Å²) in [4.78, 5) is 12.9. The lowest BCUT2D eigenvalue weighted by molar-refractivity contribution is -0.115. The van der Waals surface area contributed by atoms with Gasteiger partial charge in [-0.15, -0.1) is 11.8 Å². The predicted molar refractivity (Wildman–Crippen MR) is 91.6 cm³/mol. The molecule has 0 fully saturated rings. The Bertz CT molecular complexity index is 706. The van der Waals surface area contributed by atoms with E-state index in [-0.39, 0.29) is 11.2 Å². The number of hydrogen-bond acceptors (Lipinski definition) is 3. The summed E-state index contributed by atoms with van der Waals surface area (Å²) in [6.07, 6.45) is 0. The number of carbonyl (C=O) groups excluding carboxylic acids is 1. The van der Waals surface area contributed by atoms with Gasteiger partial charge in [0.1, 0.15) is 0 Å². The minimum atomic E-state index is -0.368. The molecule has 1 amide bonds. The summed E-state index contributed by atoms with van der Waals surface area (Å²) in [5.41, 5.74) is 1.19. The molecule has 2 aromatic rings. The maximum Gasteiger partial charge on any atom is 0.237 e. The molecule has 1 atom stereocenters. The molecule has 3 nitrogen and oxygen atoms in total. The van der Waals surface area contributed by atoms with E-state index in [1.165, 1.54) is 11.8 Å². The number of nitrogens with one attached hydrogen (secondary N) is 1. The molecule has 22 heavy (non-hydrogen) atoms. The van der Waals surface area contributed by atoms with Crippen LogP contribution >= 0.6 is 35.0 Å². The van der Waals surface area contributed by atoms with Gasteiger partial charge < -0.3 is 5.32 Å². The monoisotopic (exact) mass is 350 g/mol. The summed E-state index contributed by atoms with van der Waals surface area (Å²) in [5, 5.41) is 12.2. The standard InChI is InChI=1S/C16H12Cl2N2OS/c1-10(22-15-13(17)3-2-4-14(15)18)16(21)20-12-7-5-11(9-19)6-8-12/h2-8,10H,1H3,(H,20,21)/t10-/m0/s1. The fourth-order valence-corrected chi connectivity index (χ4v) is 3.24. The summed E-state index contributed by atoms with van der Waals surface area (Å²) < 4.78 is 0. The summed E-state index contributed by atoms with van der Waals surface area (Å²) in [7, 11) is 0. The minimum absolute atomic E-state index is 0.161. The van der Waals surface area contributed by atoms with Crippen LogP contribution in [0.1, 0.15) is 12.5 Å². The first kappa shape index (κ1) is 16.7. The summed E-state index contributed by atoms with van der Waals surface area (Å²) in [6, 6.07) is 13.9. The largest absolute Gasteiger partial charge is 0.325 e. The van der Waals surface area contributed by atoms with Crippen molar-refractivity contribution in [2.75, 3.05) is 5.32 Å². The average Bonchev–Trinajstić information content (AvgIpc) is 2.51. The van der Waals surface area contributed by atoms with Crippen molar-refractivity contribution in [1.82, 2.24) is 0 Å². The van der Waals surface area contributed by atoms with Crippen molar-refractivity contribution in [3.63, 3.8) is 0 Å². The van der Waals surface area contributed by atoms with Crippen molar-refractivity contribution in [1.29, 1.82) is 5.26 Å². The molecule has 0 aromatic heterocycles. The first-order chi connectivity index (χ1) is 10.5. The van der Waals surface area contributed by atoms with Crippen LogP contribution in [0.3, 0.4) is 0 Å². The van der Waals surface area contributed by atoms with Crippen LogP contribution in [-0.4, -0.2) is 11.2 Å². The molecule has 0 bridgehead atoms. The molecule has 0 aliphatic rings. The topological polar surface area (TPSA) is 52.9 Å². The van der Waals surface area contributed by atoms with Crippen LogP contribution in [0, 0.1) is 11.3 Å². The van der Waals surface area contributed by atoms with Crippen molar-refractivity contribution < 1.29 is 4.79 Å². The molecule has 0 spiro atoms. The third-order valence-corrected chi connectivity index (χ3v) is 4.96. The zero-order valence-electron chi connectivity index (χ0n) is 11.6. The highest BCUT2D eigenvalue weighted by Crippen LogP contribution is 2.36. The van der Waals surface area contributed by atoms with E-state index in [1.54, 1.807) is 49.4 Å². The number of rotatable bonds is 4. The van der Waals surface area contributed by atoms with Gasteiger partial charge in [0.25, 0.3) is 0 Å². The number of nitrogens with zero attached hydrogens (tertiary/aromatic N) is 1. The van der Waals surface area contributed by atoms with Gasteiger partial charge in [-0.05, 0) is 43.3 Å². The van der Waals surface area contributed by atoms with Crippen LogP contribution in [0.4, 0.5) is 5.69 Å². The lowest BCUT2D eigenvalue weighted by atomic mass is 10.2. The van der Waals surface area contributed by atoms with Crippen LogP contribution in [0.25, 0.3) is 0 Å². The molecule has 112 valence electrons. The van der Waals surface area contributed by atoms with Gasteiger partial charge in [0.05, 0.1) is 26.9 Å². The van der Waals surface area contributed by atoms with Gasteiger partial charge in [0, 0.05) is 10.6 Å². The highest BCUT2D eigenvalue weighted by atomic mass is 35.5. The van der Waals surface area contributed by atoms with Crippen LogP contribution in [0.2, 0.25) is 10.0 Å². The Morgan fingerprint density at radius 2 is 1.77 bits per heavy atom. The Balaban J connectivity index is 2.04. The summed E-state index contributed by atoms with van der Waals surface area (Å²) in [6.45, 7) is 1.78. The molecule has 0 unspecified atom stereocenters. The van der Waals surface area contributed by atoms with Gasteiger partial charge in [-0.2, -0.15) is 5.26 Å². The second-order valence-electron chi connectivity index (χ2n) is 4.49. The van der Waals surface area contributed by atoms with Gasteiger partial charge in [-0.25, -0.2) is 0 Å². The van der Waals surface area contributed by atoms with Crippen LogP contribution in [0.5, 0.6) is 0 Å². The van der Waals surface area contributed by atoms with E-state index in [0.29, 0.717) is 26.2 Å². The van der Waals surface area contributed by atoms with Crippen molar-refractivity contribution in [2.45, 2.75) is 17.1 Å². The molecule has 0 aliphatic heterocycles. The number of anilines is 1. The molecule has 0 aliphatic carbocycles. The lowest BCUT2D eigenvalue weighted by Crippen LogP contribution is -2.22. The van der Waals surface area contributed by atoms with E-state index < -0.39 is 0 Å². The highest BCUT2D eigenvalue weighted by molar-refractivity contribution is 8.00. The molecule has 6 heteroatoms. The number of carbonyl (C=O) groups is 1. The molecule has 0 saturated heterocycles. The second-order valence-corrected chi connectivity index (χ2v) is 6.65. The fourth-order valence-electron chi connectivity index (χ4n) is 1.70. The Kier molecular flexibility index (Phi) is 5.73. The quantitative estimate of drug-likeness (QED) is 0.790. The first-order valence-corrected chi connectivity index (χ1v) is 8.06. The van der Waals surface area contributed by atoms with Gasteiger partial charge in [-0.3, -0.25) is 4.79 Å². The smallest absolute Gasteiger partial charge is 0.237 e. The summed E-state index contributed by atoms with van der Waals surface area (Å²) >= 11 is 13.5. The normalized spacial score (nSPS) is 11.5. The van der Waals surface area contributed by atoms with E-state index in [0.717, 1.165) is 0 Å². The highest BCUT2D eigenvalue weighted by Gasteiger charge is 2.18. The molecular formula is C16H12Cl2N2OS. The number of nitriles is 1. The molecule has 1 N–H and O–H groups in total. The molecule has 0 heterocycles. The Hall–Kier alpha value is -1.67. The van der Waals surface area contributed by atoms with E-state index in [9.17, 15) is 4.79 Å². The van der Waals surface area contributed by atoms with Crippen molar-refractivity contribution in [3.8, 4) is 6.07 Å². The predicted octanol–water partition coefficient (Wildman–Crippen LogP) is 4.98. The summed E-state index contributed by atoms with van der Waals surface area (Å²) in [5.74, 6) is -0.161.